The maximum Gasteiger partial charge on any atom is 0.303 e. The number of hydrogen-bond donors (Lipinski definition) is 0. The van der Waals surface area contributed by atoms with Crippen LogP contribution in [0.4, 0.5) is 0 Å². The van der Waals surface area contributed by atoms with Crippen molar-refractivity contribution < 1.29 is 23.8 Å². The Morgan fingerprint density at radius 2 is 1.94 bits per heavy atom. The Morgan fingerprint density at radius 3 is 2.44 bits per heavy atom. The molecule has 1 rings (SSSR count). The average Bonchev–Trinajstić information content (AvgIpc) is 2.19. The topological polar surface area (TPSA) is 61.8 Å². The number of carbonyl (C=O) groups is 2. The quantitative estimate of drug-likeness (QED) is 0.577. The van der Waals surface area contributed by atoms with E-state index in [0.717, 1.165) is 0 Å². The first-order valence-electron chi connectivity index (χ1n) is 4.77. The molecule has 90 valence electrons. The SMILES string of the molecule is CC(=O)O[C@H]1[C@H](OC(C)=O)C=CO[C@@H]1CBr. The molecule has 0 fully saturated rings. The third-order valence-electron chi connectivity index (χ3n) is 1.97. The summed E-state index contributed by atoms with van der Waals surface area (Å²) in [4.78, 5) is 21.8. The second-order valence-electron chi connectivity index (χ2n) is 3.31. The first kappa shape index (κ1) is 13.0. The minimum atomic E-state index is -0.620. The normalized spacial score (nSPS) is 28.1. The van der Waals surface area contributed by atoms with Crippen LogP contribution in [-0.2, 0) is 23.8 Å². The van der Waals surface area contributed by atoms with Crippen LogP contribution >= 0.6 is 15.9 Å². The summed E-state index contributed by atoms with van der Waals surface area (Å²) in [7, 11) is 0. The van der Waals surface area contributed by atoms with Crippen LogP contribution in [0.25, 0.3) is 0 Å². The monoisotopic (exact) mass is 292 g/mol. The lowest BCUT2D eigenvalue weighted by Crippen LogP contribution is -2.45. The number of carbonyl (C=O) groups excluding carboxylic acids is 2. The zero-order valence-corrected chi connectivity index (χ0v) is 10.6. The molecule has 0 radical (unpaired) electrons. The molecule has 16 heavy (non-hydrogen) atoms. The van der Waals surface area contributed by atoms with Crippen molar-refractivity contribution in [2.75, 3.05) is 5.33 Å². The van der Waals surface area contributed by atoms with Gasteiger partial charge in [-0.2, -0.15) is 0 Å². The van der Waals surface area contributed by atoms with Gasteiger partial charge in [-0.25, -0.2) is 0 Å². The van der Waals surface area contributed by atoms with Crippen molar-refractivity contribution in [3.8, 4) is 0 Å². The van der Waals surface area contributed by atoms with Crippen LogP contribution in [0.2, 0.25) is 0 Å². The van der Waals surface area contributed by atoms with Crippen LogP contribution in [0, 0.1) is 0 Å². The third-order valence-corrected chi connectivity index (χ3v) is 2.61. The van der Waals surface area contributed by atoms with Crippen molar-refractivity contribution in [3.05, 3.63) is 12.3 Å². The van der Waals surface area contributed by atoms with Crippen LogP contribution in [0.3, 0.4) is 0 Å². The maximum absolute atomic E-state index is 10.9. The van der Waals surface area contributed by atoms with Crippen LogP contribution in [-0.4, -0.2) is 35.6 Å². The Hall–Kier alpha value is -1.04. The van der Waals surface area contributed by atoms with Crippen LogP contribution in [0.5, 0.6) is 0 Å². The highest BCUT2D eigenvalue weighted by Crippen LogP contribution is 2.20. The van der Waals surface area contributed by atoms with Crippen molar-refractivity contribution in [3.63, 3.8) is 0 Å². The largest absolute Gasteiger partial charge is 0.493 e. The molecule has 0 saturated carbocycles. The molecular formula is C10H13BrO5. The number of esters is 2. The summed E-state index contributed by atoms with van der Waals surface area (Å²) in [5.41, 5.74) is 0. The van der Waals surface area contributed by atoms with E-state index in [1.165, 1.54) is 20.1 Å². The Kier molecular flexibility index (Phi) is 4.79. The second-order valence-corrected chi connectivity index (χ2v) is 3.95. The van der Waals surface area contributed by atoms with E-state index in [1.807, 2.05) is 0 Å². The van der Waals surface area contributed by atoms with Gasteiger partial charge in [-0.1, -0.05) is 15.9 Å². The predicted octanol–water partition coefficient (Wildman–Crippen LogP) is 1.16. The van der Waals surface area contributed by atoms with Crippen molar-refractivity contribution in [1.82, 2.24) is 0 Å². The zero-order chi connectivity index (χ0) is 12.1. The number of alkyl halides is 1. The molecule has 0 aromatic carbocycles. The van der Waals surface area contributed by atoms with E-state index >= 15 is 0 Å². The summed E-state index contributed by atoms with van der Waals surface area (Å²) < 4.78 is 15.4. The van der Waals surface area contributed by atoms with Crippen LogP contribution in [0.15, 0.2) is 12.3 Å². The van der Waals surface area contributed by atoms with Crippen LogP contribution < -0.4 is 0 Å². The lowest BCUT2D eigenvalue weighted by molar-refractivity contribution is -0.171. The molecule has 0 N–H and O–H groups in total. The van der Waals surface area contributed by atoms with Crippen molar-refractivity contribution in [1.29, 1.82) is 0 Å². The Bertz CT molecular complexity index is 302. The fraction of sp³-hybridized carbons (Fsp3) is 0.600. The van der Waals surface area contributed by atoms with E-state index in [1.54, 1.807) is 6.08 Å². The molecule has 1 heterocycles. The lowest BCUT2D eigenvalue weighted by atomic mass is 10.1. The molecule has 1 aliphatic rings. The summed E-state index contributed by atoms with van der Waals surface area (Å²) in [5.74, 6) is -0.867. The van der Waals surface area contributed by atoms with E-state index in [0.29, 0.717) is 5.33 Å². The summed E-state index contributed by atoms with van der Waals surface area (Å²) in [5, 5.41) is 0.479. The summed E-state index contributed by atoms with van der Waals surface area (Å²) in [6.45, 7) is 2.60. The van der Waals surface area contributed by atoms with Gasteiger partial charge in [-0.3, -0.25) is 9.59 Å². The van der Waals surface area contributed by atoms with E-state index in [9.17, 15) is 9.59 Å². The zero-order valence-electron chi connectivity index (χ0n) is 9.01. The molecule has 3 atom stereocenters. The highest BCUT2D eigenvalue weighted by Gasteiger charge is 2.36. The van der Waals surface area contributed by atoms with Gasteiger partial charge in [0.15, 0.2) is 12.2 Å². The van der Waals surface area contributed by atoms with Gasteiger partial charge in [0.2, 0.25) is 0 Å². The highest BCUT2D eigenvalue weighted by molar-refractivity contribution is 9.09. The molecule has 0 amide bonds. The van der Waals surface area contributed by atoms with Gasteiger partial charge in [0.25, 0.3) is 0 Å². The van der Waals surface area contributed by atoms with Gasteiger partial charge in [-0.05, 0) is 6.08 Å². The molecule has 0 saturated heterocycles. The van der Waals surface area contributed by atoms with Gasteiger partial charge < -0.3 is 14.2 Å². The maximum atomic E-state index is 10.9. The molecule has 0 unspecified atom stereocenters. The minimum absolute atomic E-state index is 0.363. The smallest absolute Gasteiger partial charge is 0.303 e. The molecule has 6 heteroatoms. The minimum Gasteiger partial charge on any atom is -0.493 e. The van der Waals surface area contributed by atoms with Gasteiger partial charge in [0.1, 0.15) is 6.10 Å². The van der Waals surface area contributed by atoms with E-state index in [4.69, 9.17) is 14.2 Å². The van der Waals surface area contributed by atoms with Crippen molar-refractivity contribution >= 4 is 27.9 Å². The van der Waals surface area contributed by atoms with E-state index in [2.05, 4.69) is 15.9 Å². The molecule has 5 nitrogen and oxygen atoms in total. The summed E-state index contributed by atoms with van der Waals surface area (Å²) >= 11 is 3.24. The van der Waals surface area contributed by atoms with Gasteiger partial charge >= 0.3 is 11.9 Å². The fourth-order valence-electron chi connectivity index (χ4n) is 1.38. The Balaban J connectivity index is 2.77. The van der Waals surface area contributed by atoms with E-state index < -0.39 is 24.1 Å². The average molecular weight is 293 g/mol. The molecule has 0 bridgehead atoms. The lowest BCUT2D eigenvalue weighted by Gasteiger charge is -2.32. The fourth-order valence-corrected chi connectivity index (χ4v) is 1.90. The summed E-state index contributed by atoms with van der Waals surface area (Å²) in [6.07, 6.45) is 1.41. The standard InChI is InChI=1S/C10H13BrO5/c1-6(12)15-8-3-4-14-9(5-11)10(8)16-7(2)13/h3-4,8-10H,5H2,1-2H3/t8-,9-,10+/m1/s1. The van der Waals surface area contributed by atoms with Gasteiger partial charge in [-0.15, -0.1) is 0 Å². The predicted molar refractivity (Wildman–Crippen MR) is 58.9 cm³/mol. The Labute approximate surface area is 102 Å². The number of halogens is 1. The first-order valence-corrected chi connectivity index (χ1v) is 5.89. The van der Waals surface area contributed by atoms with E-state index in [-0.39, 0.29) is 6.10 Å². The number of rotatable bonds is 3. The van der Waals surface area contributed by atoms with Gasteiger partial charge in [0, 0.05) is 19.2 Å². The number of ether oxygens (including phenoxy) is 3. The van der Waals surface area contributed by atoms with Crippen molar-refractivity contribution in [2.24, 2.45) is 0 Å². The highest BCUT2D eigenvalue weighted by atomic mass is 79.9. The molecule has 0 aromatic heterocycles. The first-order chi connectivity index (χ1) is 7.54. The van der Waals surface area contributed by atoms with Crippen molar-refractivity contribution in [2.45, 2.75) is 32.2 Å². The van der Waals surface area contributed by atoms with Crippen LogP contribution in [0.1, 0.15) is 13.8 Å². The summed E-state index contributed by atoms with van der Waals surface area (Å²) in [6, 6.07) is 0. The number of hydrogen-bond acceptors (Lipinski definition) is 5. The van der Waals surface area contributed by atoms with Gasteiger partial charge in [0.05, 0.1) is 6.26 Å². The molecule has 1 aliphatic heterocycles. The molecular weight excluding hydrogens is 280 g/mol. The molecule has 0 aromatic rings. The molecule has 0 spiro atoms. The molecule has 0 aliphatic carbocycles. The Morgan fingerprint density at radius 1 is 1.31 bits per heavy atom. The third kappa shape index (κ3) is 3.52. The second kappa shape index (κ2) is 5.89.